The molecule has 0 spiro atoms. The van der Waals surface area contributed by atoms with Gasteiger partial charge in [0.25, 0.3) is 0 Å². The number of anilines is 3. The van der Waals surface area contributed by atoms with E-state index in [-0.39, 0.29) is 24.3 Å². The summed E-state index contributed by atoms with van der Waals surface area (Å²) >= 11 is 0. The molecule has 1 aliphatic heterocycles. The number of aromatic nitrogens is 3. The van der Waals surface area contributed by atoms with Crippen LogP contribution in [0.15, 0.2) is 30.6 Å². The van der Waals surface area contributed by atoms with Gasteiger partial charge in [0.1, 0.15) is 23.4 Å². The quantitative estimate of drug-likeness (QED) is 0.712. The van der Waals surface area contributed by atoms with Crippen molar-refractivity contribution in [2.24, 2.45) is 11.3 Å². The highest BCUT2D eigenvalue weighted by atomic mass is 16.6. The normalized spacial score (nSPS) is 21.1. The Morgan fingerprint density at radius 1 is 1.35 bits per heavy atom. The standard InChI is InChI=1S/C22H26N6O3/c1-21(2,3)31-19(29)13-27-10-7-17(26-27)25-18-12-16(6-9-24-18)28-11-8-22(14-23,20(28)30)15-4-5-15/h6-7,9-10,12,15H,4-5,8,11,13H2,1-3H3,(H,24,25,26)/t22-/m1/s1. The third-order valence-corrected chi connectivity index (χ3v) is 5.49. The van der Waals surface area contributed by atoms with Crippen molar-refractivity contribution in [2.75, 3.05) is 16.8 Å². The van der Waals surface area contributed by atoms with Crippen molar-refractivity contribution in [2.45, 2.75) is 52.2 Å². The lowest BCUT2D eigenvalue weighted by Crippen LogP contribution is -2.35. The van der Waals surface area contributed by atoms with Gasteiger partial charge in [0.15, 0.2) is 5.82 Å². The van der Waals surface area contributed by atoms with Gasteiger partial charge in [-0.1, -0.05) is 0 Å². The first kappa shape index (κ1) is 20.8. The fourth-order valence-corrected chi connectivity index (χ4v) is 3.94. The maximum atomic E-state index is 13.0. The van der Waals surface area contributed by atoms with Crippen LogP contribution >= 0.6 is 0 Å². The van der Waals surface area contributed by atoms with E-state index in [2.05, 4.69) is 21.5 Å². The molecule has 162 valence electrons. The Morgan fingerprint density at radius 2 is 2.13 bits per heavy atom. The lowest BCUT2D eigenvalue weighted by Gasteiger charge is -2.21. The van der Waals surface area contributed by atoms with E-state index in [1.165, 1.54) is 4.68 Å². The largest absolute Gasteiger partial charge is 0.459 e. The third-order valence-electron chi connectivity index (χ3n) is 5.49. The summed E-state index contributed by atoms with van der Waals surface area (Å²) in [7, 11) is 0. The Morgan fingerprint density at radius 3 is 2.81 bits per heavy atom. The summed E-state index contributed by atoms with van der Waals surface area (Å²) < 4.78 is 6.79. The van der Waals surface area contributed by atoms with E-state index in [4.69, 9.17) is 4.74 Å². The van der Waals surface area contributed by atoms with Gasteiger partial charge in [-0.2, -0.15) is 10.4 Å². The summed E-state index contributed by atoms with van der Waals surface area (Å²) in [5.41, 5.74) is -0.726. The van der Waals surface area contributed by atoms with Gasteiger partial charge in [-0.3, -0.25) is 14.3 Å². The van der Waals surface area contributed by atoms with Crippen LogP contribution in [0, 0.1) is 22.7 Å². The lowest BCUT2D eigenvalue weighted by molar-refractivity contribution is -0.155. The summed E-state index contributed by atoms with van der Waals surface area (Å²) in [6.07, 6.45) is 5.75. The molecule has 1 saturated heterocycles. The molecule has 0 radical (unpaired) electrons. The number of nitrogens with zero attached hydrogens (tertiary/aromatic N) is 5. The minimum atomic E-state index is -0.878. The Hall–Kier alpha value is -3.41. The molecule has 0 bridgehead atoms. The van der Waals surface area contributed by atoms with E-state index < -0.39 is 11.0 Å². The number of amides is 1. The van der Waals surface area contributed by atoms with E-state index in [1.54, 1.807) is 35.5 Å². The van der Waals surface area contributed by atoms with Crippen LogP contribution < -0.4 is 10.2 Å². The summed E-state index contributed by atoms with van der Waals surface area (Å²) in [6, 6.07) is 7.57. The number of hydrogen-bond acceptors (Lipinski definition) is 7. The van der Waals surface area contributed by atoms with E-state index in [0.29, 0.717) is 30.3 Å². The van der Waals surface area contributed by atoms with Crippen LogP contribution in [0.5, 0.6) is 0 Å². The highest BCUT2D eigenvalue weighted by molar-refractivity contribution is 6.02. The second-order valence-electron chi connectivity index (χ2n) is 9.07. The molecule has 1 saturated carbocycles. The zero-order chi connectivity index (χ0) is 22.2. The van der Waals surface area contributed by atoms with Crippen molar-refractivity contribution in [1.82, 2.24) is 14.8 Å². The molecular formula is C22H26N6O3. The average molecular weight is 422 g/mol. The van der Waals surface area contributed by atoms with Crippen molar-refractivity contribution >= 4 is 29.2 Å². The van der Waals surface area contributed by atoms with Gasteiger partial charge < -0.3 is 15.0 Å². The number of carbonyl (C=O) groups is 2. The molecule has 2 fully saturated rings. The number of nitriles is 1. The molecule has 31 heavy (non-hydrogen) atoms. The van der Waals surface area contributed by atoms with Crippen LogP contribution in [0.1, 0.15) is 40.0 Å². The van der Waals surface area contributed by atoms with Crippen LogP contribution in [0.3, 0.4) is 0 Å². The van der Waals surface area contributed by atoms with Crippen molar-refractivity contribution in [3.05, 3.63) is 30.6 Å². The van der Waals surface area contributed by atoms with Crippen LogP contribution in [-0.4, -0.2) is 38.8 Å². The molecule has 1 atom stereocenters. The van der Waals surface area contributed by atoms with Crippen molar-refractivity contribution < 1.29 is 14.3 Å². The second-order valence-corrected chi connectivity index (χ2v) is 9.07. The number of pyridine rings is 1. The number of hydrogen-bond donors (Lipinski definition) is 1. The third kappa shape index (κ3) is 4.38. The Kier molecular flexibility index (Phi) is 5.17. The molecule has 0 aromatic carbocycles. The van der Waals surface area contributed by atoms with Gasteiger partial charge in [-0.05, 0) is 52.0 Å². The molecule has 1 N–H and O–H groups in total. The SMILES string of the molecule is CC(C)(C)OC(=O)Cn1ccc(Nc2cc(N3CC[C@@](C#N)(C4CC4)C3=O)ccn2)n1. The van der Waals surface area contributed by atoms with E-state index in [0.717, 1.165) is 12.8 Å². The topological polar surface area (TPSA) is 113 Å². The summed E-state index contributed by atoms with van der Waals surface area (Å²) in [6.45, 7) is 5.98. The lowest BCUT2D eigenvalue weighted by atomic mass is 9.83. The van der Waals surface area contributed by atoms with E-state index in [1.807, 2.05) is 20.8 Å². The predicted octanol–water partition coefficient (Wildman–Crippen LogP) is 3.02. The first-order valence-corrected chi connectivity index (χ1v) is 10.4. The minimum Gasteiger partial charge on any atom is -0.459 e. The summed E-state index contributed by atoms with van der Waals surface area (Å²) in [5, 5.41) is 17.1. The molecule has 9 nitrogen and oxygen atoms in total. The van der Waals surface area contributed by atoms with Crippen LogP contribution in [0.4, 0.5) is 17.3 Å². The molecule has 2 aromatic heterocycles. The van der Waals surface area contributed by atoms with Crippen molar-refractivity contribution in [3.63, 3.8) is 0 Å². The molecule has 9 heteroatoms. The monoisotopic (exact) mass is 422 g/mol. The molecule has 1 aliphatic carbocycles. The van der Waals surface area contributed by atoms with Gasteiger partial charge >= 0.3 is 5.97 Å². The van der Waals surface area contributed by atoms with Gasteiger partial charge in [-0.25, -0.2) is 4.98 Å². The number of nitrogens with one attached hydrogen (secondary N) is 1. The second kappa shape index (κ2) is 7.69. The number of rotatable bonds is 6. The molecular weight excluding hydrogens is 396 g/mol. The predicted molar refractivity (Wildman–Crippen MR) is 113 cm³/mol. The van der Waals surface area contributed by atoms with Gasteiger partial charge in [0.2, 0.25) is 5.91 Å². The van der Waals surface area contributed by atoms with Crippen LogP contribution in [0.25, 0.3) is 0 Å². The maximum Gasteiger partial charge on any atom is 0.328 e. The fourth-order valence-electron chi connectivity index (χ4n) is 3.94. The number of esters is 1. The van der Waals surface area contributed by atoms with Crippen molar-refractivity contribution in [3.8, 4) is 6.07 Å². The first-order valence-electron chi connectivity index (χ1n) is 10.4. The van der Waals surface area contributed by atoms with E-state index in [9.17, 15) is 14.9 Å². The van der Waals surface area contributed by atoms with Gasteiger partial charge in [0, 0.05) is 36.8 Å². The summed E-state index contributed by atoms with van der Waals surface area (Å²) in [5.74, 6) is 0.741. The smallest absolute Gasteiger partial charge is 0.328 e. The molecule has 4 rings (SSSR count). The van der Waals surface area contributed by atoms with Crippen molar-refractivity contribution in [1.29, 1.82) is 5.26 Å². The number of carbonyl (C=O) groups excluding carboxylic acids is 2. The van der Waals surface area contributed by atoms with Gasteiger partial charge in [0.05, 0.1) is 6.07 Å². The zero-order valence-electron chi connectivity index (χ0n) is 18.0. The minimum absolute atomic E-state index is 0.00606. The fraction of sp³-hybridized carbons (Fsp3) is 0.500. The molecule has 2 aliphatic rings. The Bertz CT molecular complexity index is 1050. The zero-order valence-corrected chi connectivity index (χ0v) is 18.0. The molecule has 1 amide bonds. The van der Waals surface area contributed by atoms with E-state index >= 15 is 0 Å². The van der Waals surface area contributed by atoms with Crippen LogP contribution in [0.2, 0.25) is 0 Å². The van der Waals surface area contributed by atoms with Crippen LogP contribution in [-0.2, 0) is 20.9 Å². The Labute approximate surface area is 181 Å². The van der Waals surface area contributed by atoms with Gasteiger partial charge in [-0.15, -0.1) is 0 Å². The molecule has 3 heterocycles. The number of ether oxygens (including phenoxy) is 1. The first-order chi connectivity index (χ1) is 14.7. The Balaban J connectivity index is 1.43. The molecule has 0 unspecified atom stereocenters. The highest BCUT2D eigenvalue weighted by Gasteiger charge is 2.56. The average Bonchev–Trinajstić information content (AvgIpc) is 3.37. The molecule has 2 aromatic rings. The summed E-state index contributed by atoms with van der Waals surface area (Å²) in [4.78, 5) is 31.0. The highest BCUT2D eigenvalue weighted by Crippen LogP contribution is 2.51. The maximum absolute atomic E-state index is 13.0.